The normalized spacial score (nSPS) is 15.3. The maximum atomic E-state index is 10.7. The number of rotatable bonds is 10. The van der Waals surface area contributed by atoms with Crippen LogP contribution in [-0.4, -0.2) is 81.5 Å². The summed E-state index contributed by atoms with van der Waals surface area (Å²) in [6.07, 6.45) is 12.8. The molecule has 0 spiro atoms. The fourth-order valence-corrected chi connectivity index (χ4v) is 2.63. The zero-order valence-electron chi connectivity index (χ0n) is 23.2. The van der Waals surface area contributed by atoms with Crippen LogP contribution in [0, 0.1) is 17.8 Å². The van der Waals surface area contributed by atoms with Gasteiger partial charge in [0.25, 0.3) is 0 Å². The van der Waals surface area contributed by atoms with Crippen molar-refractivity contribution in [1.29, 1.82) is 0 Å². The van der Waals surface area contributed by atoms with Gasteiger partial charge in [-0.2, -0.15) is 0 Å². The highest BCUT2D eigenvalue weighted by Gasteiger charge is 2.21. The van der Waals surface area contributed by atoms with Gasteiger partial charge in [-0.15, -0.1) is 18.9 Å². The van der Waals surface area contributed by atoms with Gasteiger partial charge in [0.1, 0.15) is 6.29 Å². The number of carbonyl (C=O) groups excluding carboxylic acids is 5. The minimum absolute atomic E-state index is 0.0301. The standard InChI is InChI=1S/C8H11NO2.C7H15NO.C6H13N.C4H7NO.CH3NO/c1-3-4-5-8(7(2)11)9-6-10;1-7(2,3)6(5-9)8-4;1-6-4-3-5-7(6)2;1-2-3-5-4-6;2-1-3/h1,6,8H,4-5H2,2H3,(H,9,10);5-6,8H,1-4H3;6H,3-5H2,1-2H3;2,4H,1,3H2,(H,5,6);1H,(H2,2,3). The van der Waals surface area contributed by atoms with Crippen molar-refractivity contribution in [2.75, 3.05) is 27.2 Å². The number of carbonyl (C=O) groups is 5. The second kappa shape index (κ2) is 28.2. The Morgan fingerprint density at radius 3 is 1.97 bits per heavy atom. The van der Waals surface area contributed by atoms with Crippen LogP contribution in [0.1, 0.15) is 60.3 Å². The first-order valence-corrected chi connectivity index (χ1v) is 11.8. The molecule has 3 atom stereocenters. The Balaban J connectivity index is -0.000000186. The molecule has 1 saturated heterocycles. The molecule has 36 heavy (non-hydrogen) atoms. The largest absolute Gasteiger partial charge is 0.372 e. The third kappa shape index (κ3) is 29.0. The van der Waals surface area contributed by atoms with Gasteiger partial charge < -0.3 is 31.4 Å². The van der Waals surface area contributed by atoms with Crippen molar-refractivity contribution in [3.8, 4) is 12.3 Å². The lowest BCUT2D eigenvalue weighted by molar-refractivity contribution is -0.121. The zero-order chi connectivity index (χ0) is 29.0. The number of likely N-dealkylation sites (tertiary alicyclic amines) is 1. The molecule has 10 heteroatoms. The SMILES string of the molecule is C#CCCC(NC=O)C(C)=O.C=CCNC=O.CC1CCCN1C.CNC(C=O)C(C)(C)C.NC=O. The van der Waals surface area contributed by atoms with Crippen LogP contribution in [0.3, 0.4) is 0 Å². The predicted molar refractivity (Wildman–Crippen MR) is 146 cm³/mol. The van der Waals surface area contributed by atoms with E-state index in [2.05, 4.69) is 53.1 Å². The lowest BCUT2D eigenvalue weighted by Crippen LogP contribution is -2.39. The van der Waals surface area contributed by atoms with Crippen LogP contribution in [0.5, 0.6) is 0 Å². The van der Waals surface area contributed by atoms with Gasteiger partial charge in [0.05, 0.1) is 12.1 Å². The lowest BCUT2D eigenvalue weighted by Gasteiger charge is -2.24. The van der Waals surface area contributed by atoms with E-state index in [1.165, 1.54) is 26.3 Å². The second-order valence-electron chi connectivity index (χ2n) is 8.88. The number of primary amides is 1. The van der Waals surface area contributed by atoms with Gasteiger partial charge in [-0.05, 0) is 59.2 Å². The van der Waals surface area contributed by atoms with Gasteiger partial charge in [-0.1, -0.05) is 26.8 Å². The van der Waals surface area contributed by atoms with Gasteiger partial charge in [0, 0.05) is 19.0 Å². The van der Waals surface area contributed by atoms with E-state index in [1.54, 1.807) is 13.1 Å². The van der Waals surface area contributed by atoms with E-state index in [-0.39, 0.29) is 23.7 Å². The number of amides is 3. The minimum atomic E-state index is -0.413. The molecule has 3 amide bonds. The van der Waals surface area contributed by atoms with Crippen LogP contribution in [-0.2, 0) is 24.0 Å². The fraction of sp³-hybridized carbons (Fsp3) is 0.654. The maximum absolute atomic E-state index is 10.7. The summed E-state index contributed by atoms with van der Waals surface area (Å²) in [5, 5.41) is 7.71. The number of hydrogen-bond acceptors (Lipinski definition) is 7. The van der Waals surface area contributed by atoms with E-state index in [4.69, 9.17) is 11.2 Å². The summed E-state index contributed by atoms with van der Waals surface area (Å²) in [6.45, 7) is 15.0. The molecule has 1 aliphatic heterocycles. The number of nitrogens with zero attached hydrogens (tertiary/aromatic N) is 1. The van der Waals surface area contributed by atoms with Crippen LogP contribution < -0.4 is 21.7 Å². The first-order chi connectivity index (χ1) is 16.9. The van der Waals surface area contributed by atoms with Gasteiger partial charge in [0.15, 0.2) is 5.78 Å². The molecule has 1 rings (SSSR count). The molecule has 3 unspecified atom stereocenters. The Morgan fingerprint density at radius 2 is 1.81 bits per heavy atom. The average molecular weight is 512 g/mol. The molecule has 10 nitrogen and oxygen atoms in total. The summed E-state index contributed by atoms with van der Waals surface area (Å²) < 4.78 is 0. The first kappa shape index (κ1) is 40.2. The molecule has 0 aromatic carbocycles. The van der Waals surface area contributed by atoms with Gasteiger partial charge in [-0.25, -0.2) is 0 Å². The van der Waals surface area contributed by atoms with Crippen LogP contribution in [0.2, 0.25) is 0 Å². The molecular formula is C26H49N5O5. The molecule has 0 aromatic rings. The number of terminal acetylenes is 1. The van der Waals surface area contributed by atoms with Gasteiger partial charge in [-0.3, -0.25) is 19.2 Å². The van der Waals surface area contributed by atoms with Crippen molar-refractivity contribution in [1.82, 2.24) is 20.9 Å². The molecule has 0 bridgehead atoms. The van der Waals surface area contributed by atoms with Gasteiger partial charge >= 0.3 is 0 Å². The molecule has 0 aliphatic carbocycles. The van der Waals surface area contributed by atoms with E-state index < -0.39 is 6.04 Å². The van der Waals surface area contributed by atoms with E-state index >= 15 is 0 Å². The van der Waals surface area contributed by atoms with Gasteiger partial charge in [0.2, 0.25) is 19.2 Å². The Morgan fingerprint density at radius 1 is 1.25 bits per heavy atom. The molecule has 0 aromatic heterocycles. The number of likely N-dealkylation sites (N-methyl/N-ethyl adjacent to an activating group) is 1. The number of hydrogen-bond donors (Lipinski definition) is 4. The summed E-state index contributed by atoms with van der Waals surface area (Å²) in [5.41, 5.74) is 4.20. The second-order valence-corrected chi connectivity index (χ2v) is 8.88. The van der Waals surface area contributed by atoms with E-state index in [1.807, 2.05) is 20.8 Å². The number of ketones is 1. The molecule has 1 heterocycles. The third-order valence-electron chi connectivity index (χ3n) is 4.95. The highest BCUT2D eigenvalue weighted by Crippen LogP contribution is 2.16. The number of Topliss-reactive ketones (excluding diaryl/α,β-unsaturated/α-hetero) is 1. The number of aldehydes is 1. The topological polar surface area (TPSA) is 151 Å². The molecule has 1 fully saturated rings. The van der Waals surface area contributed by atoms with Crippen molar-refractivity contribution in [3.05, 3.63) is 12.7 Å². The van der Waals surface area contributed by atoms with Crippen LogP contribution in [0.15, 0.2) is 12.7 Å². The smallest absolute Gasteiger partial charge is 0.207 e. The quantitative estimate of drug-likeness (QED) is 0.148. The number of nitrogens with two attached hydrogens (primary N) is 1. The highest BCUT2D eigenvalue weighted by molar-refractivity contribution is 5.83. The molecule has 1 aliphatic rings. The Labute approximate surface area is 218 Å². The Bertz CT molecular complexity index is 613. The van der Waals surface area contributed by atoms with Crippen molar-refractivity contribution < 1.29 is 24.0 Å². The monoisotopic (exact) mass is 511 g/mol. The first-order valence-electron chi connectivity index (χ1n) is 11.8. The van der Waals surface area contributed by atoms with E-state index in [0.29, 0.717) is 32.2 Å². The van der Waals surface area contributed by atoms with Crippen LogP contribution >= 0.6 is 0 Å². The molecule has 208 valence electrons. The molecular weight excluding hydrogens is 462 g/mol. The van der Waals surface area contributed by atoms with E-state index in [9.17, 15) is 19.2 Å². The average Bonchev–Trinajstić information content (AvgIpc) is 3.19. The van der Waals surface area contributed by atoms with Crippen LogP contribution in [0.25, 0.3) is 0 Å². The summed E-state index contributed by atoms with van der Waals surface area (Å²) in [6, 6.07) is 0.404. The fourth-order valence-electron chi connectivity index (χ4n) is 2.63. The summed E-state index contributed by atoms with van der Waals surface area (Å²) in [5.74, 6) is 2.34. The molecule has 0 radical (unpaired) electrons. The number of nitrogens with one attached hydrogen (secondary N) is 3. The minimum Gasteiger partial charge on any atom is -0.372 e. The summed E-state index contributed by atoms with van der Waals surface area (Å²) in [7, 11) is 3.99. The predicted octanol–water partition coefficient (Wildman–Crippen LogP) is 1.04. The molecule has 0 saturated carbocycles. The summed E-state index contributed by atoms with van der Waals surface area (Å²) in [4.78, 5) is 51.4. The van der Waals surface area contributed by atoms with Crippen LogP contribution in [0.4, 0.5) is 0 Å². The highest BCUT2D eigenvalue weighted by atomic mass is 16.1. The third-order valence-corrected chi connectivity index (χ3v) is 4.95. The van der Waals surface area contributed by atoms with Crippen molar-refractivity contribution in [2.24, 2.45) is 11.1 Å². The molecule has 5 N–H and O–H groups in total. The lowest BCUT2D eigenvalue weighted by atomic mass is 9.88. The van der Waals surface area contributed by atoms with Crippen molar-refractivity contribution in [2.45, 2.75) is 78.4 Å². The Hall–Kier alpha value is -3.03. The van der Waals surface area contributed by atoms with Crippen molar-refractivity contribution in [3.63, 3.8) is 0 Å². The van der Waals surface area contributed by atoms with Crippen molar-refractivity contribution >= 4 is 31.3 Å². The zero-order valence-corrected chi connectivity index (χ0v) is 23.2. The van der Waals surface area contributed by atoms with E-state index in [0.717, 1.165) is 12.3 Å². The summed E-state index contributed by atoms with van der Waals surface area (Å²) >= 11 is 0. The maximum Gasteiger partial charge on any atom is 0.207 e. The Kier molecular flexibility index (Phi) is 31.5.